The minimum absolute atomic E-state index is 0.00589. The van der Waals surface area contributed by atoms with Crippen molar-refractivity contribution in [3.63, 3.8) is 0 Å². The van der Waals surface area contributed by atoms with Gasteiger partial charge in [-0.15, -0.1) is 0 Å². The van der Waals surface area contributed by atoms with Gasteiger partial charge < -0.3 is 10.1 Å². The Hall–Kier alpha value is -2.04. The van der Waals surface area contributed by atoms with Crippen LogP contribution in [0.1, 0.15) is 30.1 Å². The molecule has 26 heavy (non-hydrogen) atoms. The minimum atomic E-state index is -0.00589. The van der Waals surface area contributed by atoms with Gasteiger partial charge in [0.05, 0.1) is 0 Å². The van der Waals surface area contributed by atoms with E-state index in [1.165, 1.54) is 12.8 Å². The molecule has 2 bridgehead atoms. The van der Waals surface area contributed by atoms with Crippen LogP contribution < -0.4 is 10.1 Å². The zero-order valence-electron chi connectivity index (χ0n) is 14.8. The summed E-state index contributed by atoms with van der Waals surface area (Å²) < 4.78 is 5.78. The summed E-state index contributed by atoms with van der Waals surface area (Å²) in [5, 5.41) is 3.93. The van der Waals surface area contributed by atoms with Gasteiger partial charge in [-0.05, 0) is 87.3 Å². The standard InChI is InChI=1S/C21H23ClN2O2/c1-14-20(15-10-12-24(14)13-11-15)23-21(25)16-2-6-18(7-3-16)26-19-8-4-17(22)5-9-19/h2-9,14-15,20H,10-13H2,1H3,(H,23,25)/t14?,20-/m0/s1. The monoisotopic (exact) mass is 370 g/mol. The third kappa shape index (κ3) is 3.57. The summed E-state index contributed by atoms with van der Waals surface area (Å²) in [7, 11) is 0. The van der Waals surface area contributed by atoms with E-state index in [0.717, 1.165) is 13.1 Å². The number of nitrogens with one attached hydrogen (secondary N) is 1. The first-order valence-electron chi connectivity index (χ1n) is 9.18. The fraction of sp³-hybridized carbons (Fsp3) is 0.381. The van der Waals surface area contributed by atoms with Gasteiger partial charge in [0, 0.05) is 22.7 Å². The Bertz CT molecular complexity index is 766. The zero-order chi connectivity index (χ0) is 18.1. The molecule has 3 aliphatic rings. The lowest BCUT2D eigenvalue weighted by Crippen LogP contribution is -2.62. The summed E-state index contributed by atoms with van der Waals surface area (Å²) in [6.45, 7) is 4.54. The van der Waals surface area contributed by atoms with Gasteiger partial charge in [0.25, 0.3) is 5.91 Å². The summed E-state index contributed by atoms with van der Waals surface area (Å²) >= 11 is 5.88. The second kappa shape index (κ2) is 7.29. The van der Waals surface area contributed by atoms with Crippen molar-refractivity contribution in [3.8, 4) is 11.5 Å². The van der Waals surface area contributed by atoms with Crippen molar-refractivity contribution in [1.29, 1.82) is 0 Å². The average molecular weight is 371 g/mol. The fourth-order valence-corrected chi connectivity index (χ4v) is 4.22. The van der Waals surface area contributed by atoms with Crippen molar-refractivity contribution < 1.29 is 9.53 Å². The number of carbonyl (C=O) groups excluding carboxylic acids is 1. The molecule has 3 heterocycles. The molecule has 3 fully saturated rings. The Morgan fingerprint density at radius 2 is 1.62 bits per heavy atom. The van der Waals surface area contributed by atoms with Crippen LogP contribution in [0.4, 0.5) is 0 Å². The number of halogens is 1. The molecule has 5 rings (SSSR count). The molecule has 0 spiro atoms. The molecule has 0 radical (unpaired) electrons. The normalized spacial score (nSPS) is 27.2. The topological polar surface area (TPSA) is 41.6 Å². The van der Waals surface area contributed by atoms with Crippen molar-refractivity contribution in [1.82, 2.24) is 10.2 Å². The predicted octanol–water partition coefficient (Wildman–Crippen LogP) is 4.34. The molecule has 2 aromatic carbocycles. The molecule has 136 valence electrons. The highest BCUT2D eigenvalue weighted by atomic mass is 35.5. The minimum Gasteiger partial charge on any atom is -0.457 e. The van der Waals surface area contributed by atoms with Crippen molar-refractivity contribution in [3.05, 3.63) is 59.1 Å². The van der Waals surface area contributed by atoms with Crippen LogP contribution in [-0.2, 0) is 0 Å². The third-order valence-electron chi connectivity index (χ3n) is 5.64. The lowest BCUT2D eigenvalue weighted by Gasteiger charge is -2.49. The van der Waals surface area contributed by atoms with Crippen LogP contribution in [-0.4, -0.2) is 36.0 Å². The third-order valence-corrected chi connectivity index (χ3v) is 5.89. The quantitative estimate of drug-likeness (QED) is 0.870. The Labute approximate surface area is 159 Å². The van der Waals surface area contributed by atoms with Crippen LogP contribution in [0.15, 0.2) is 48.5 Å². The number of hydrogen-bond donors (Lipinski definition) is 1. The molecule has 4 nitrogen and oxygen atoms in total. The van der Waals surface area contributed by atoms with E-state index < -0.39 is 0 Å². The predicted molar refractivity (Wildman–Crippen MR) is 103 cm³/mol. The summed E-state index contributed by atoms with van der Waals surface area (Å²) in [6.07, 6.45) is 2.37. The van der Waals surface area contributed by atoms with Gasteiger partial charge in [-0.2, -0.15) is 0 Å². The van der Waals surface area contributed by atoms with Crippen molar-refractivity contribution in [2.75, 3.05) is 13.1 Å². The number of piperidine rings is 3. The van der Waals surface area contributed by atoms with Crippen LogP contribution in [0.25, 0.3) is 0 Å². The van der Waals surface area contributed by atoms with Gasteiger partial charge in [-0.1, -0.05) is 11.6 Å². The van der Waals surface area contributed by atoms with E-state index in [2.05, 4.69) is 17.1 Å². The Balaban J connectivity index is 1.40. The molecule has 5 heteroatoms. The van der Waals surface area contributed by atoms with Crippen molar-refractivity contribution >= 4 is 17.5 Å². The van der Waals surface area contributed by atoms with Crippen LogP contribution >= 0.6 is 11.6 Å². The largest absolute Gasteiger partial charge is 0.457 e. The molecule has 0 aliphatic carbocycles. The summed E-state index contributed by atoms with van der Waals surface area (Å²) in [6, 6.07) is 15.1. The highest BCUT2D eigenvalue weighted by Crippen LogP contribution is 2.32. The number of carbonyl (C=O) groups is 1. The molecule has 1 amide bonds. The van der Waals surface area contributed by atoms with Gasteiger partial charge in [-0.25, -0.2) is 0 Å². The van der Waals surface area contributed by atoms with Crippen LogP contribution in [0.3, 0.4) is 0 Å². The summed E-state index contributed by atoms with van der Waals surface area (Å²) in [5.41, 5.74) is 0.664. The first-order chi connectivity index (χ1) is 12.6. The average Bonchev–Trinajstić information content (AvgIpc) is 2.67. The molecular weight excluding hydrogens is 348 g/mol. The molecule has 3 aliphatic heterocycles. The number of nitrogens with zero attached hydrogens (tertiary/aromatic N) is 1. The molecule has 1 N–H and O–H groups in total. The van der Waals surface area contributed by atoms with Gasteiger partial charge in [0.1, 0.15) is 11.5 Å². The van der Waals surface area contributed by atoms with E-state index in [9.17, 15) is 4.79 Å². The van der Waals surface area contributed by atoms with Gasteiger partial charge in [-0.3, -0.25) is 9.69 Å². The van der Waals surface area contributed by atoms with Crippen LogP contribution in [0.2, 0.25) is 5.02 Å². The molecule has 2 atom stereocenters. The SMILES string of the molecule is CC1[C@H](NC(=O)c2ccc(Oc3ccc(Cl)cc3)cc2)C2CCN1CC2. The maximum Gasteiger partial charge on any atom is 0.251 e. The van der Waals surface area contributed by atoms with E-state index in [4.69, 9.17) is 16.3 Å². The molecular formula is C21H23ClN2O2. The number of hydrogen-bond acceptors (Lipinski definition) is 3. The van der Waals surface area contributed by atoms with Gasteiger partial charge in [0.15, 0.2) is 0 Å². The van der Waals surface area contributed by atoms with E-state index in [0.29, 0.717) is 34.0 Å². The lowest BCUT2D eigenvalue weighted by atomic mass is 9.79. The van der Waals surface area contributed by atoms with Gasteiger partial charge in [0.2, 0.25) is 0 Å². The van der Waals surface area contributed by atoms with E-state index in [-0.39, 0.29) is 11.9 Å². The van der Waals surface area contributed by atoms with Gasteiger partial charge >= 0.3 is 0 Å². The Morgan fingerprint density at radius 3 is 2.19 bits per heavy atom. The molecule has 1 unspecified atom stereocenters. The Morgan fingerprint density at radius 1 is 1.04 bits per heavy atom. The molecule has 2 aromatic rings. The molecule has 0 aromatic heterocycles. The fourth-order valence-electron chi connectivity index (χ4n) is 4.09. The van der Waals surface area contributed by atoms with E-state index in [1.54, 1.807) is 12.1 Å². The first kappa shape index (κ1) is 17.4. The zero-order valence-corrected chi connectivity index (χ0v) is 15.6. The van der Waals surface area contributed by atoms with Crippen LogP contribution in [0, 0.1) is 5.92 Å². The van der Waals surface area contributed by atoms with E-state index in [1.807, 2.05) is 36.4 Å². The number of amides is 1. The second-order valence-corrected chi connectivity index (χ2v) is 7.63. The molecule has 3 saturated heterocycles. The number of rotatable bonds is 4. The maximum atomic E-state index is 12.7. The van der Waals surface area contributed by atoms with Crippen molar-refractivity contribution in [2.45, 2.75) is 31.8 Å². The highest BCUT2D eigenvalue weighted by molar-refractivity contribution is 6.30. The molecule has 0 saturated carbocycles. The first-order valence-corrected chi connectivity index (χ1v) is 9.56. The Kier molecular flexibility index (Phi) is 4.88. The highest BCUT2D eigenvalue weighted by Gasteiger charge is 2.40. The lowest BCUT2D eigenvalue weighted by molar-refractivity contribution is 0.0217. The number of benzene rings is 2. The number of ether oxygens (including phenoxy) is 1. The smallest absolute Gasteiger partial charge is 0.251 e. The van der Waals surface area contributed by atoms with Crippen molar-refractivity contribution in [2.24, 2.45) is 5.92 Å². The number of fused-ring (bicyclic) bond motifs is 3. The maximum absolute atomic E-state index is 12.7. The summed E-state index contributed by atoms with van der Waals surface area (Å²) in [5.74, 6) is 2.01. The second-order valence-electron chi connectivity index (χ2n) is 7.19. The summed E-state index contributed by atoms with van der Waals surface area (Å²) in [4.78, 5) is 15.1. The van der Waals surface area contributed by atoms with Crippen LogP contribution in [0.5, 0.6) is 11.5 Å². The van der Waals surface area contributed by atoms with E-state index >= 15 is 0 Å².